The van der Waals surface area contributed by atoms with Gasteiger partial charge in [0.1, 0.15) is 6.29 Å². The maximum atomic E-state index is 12.4. The maximum Gasteiger partial charge on any atom is 0.223 e. The first-order valence-electron chi connectivity index (χ1n) is 9.52. The van der Waals surface area contributed by atoms with E-state index in [2.05, 4.69) is 22.3 Å². The Labute approximate surface area is 165 Å². The average Bonchev–Trinajstić information content (AvgIpc) is 2.74. The fraction of sp³-hybridized carbons (Fsp3) is 0.364. The zero-order valence-corrected chi connectivity index (χ0v) is 16.3. The first kappa shape index (κ1) is 19.5. The van der Waals surface area contributed by atoms with Crippen LogP contribution in [0.5, 0.6) is 0 Å². The predicted molar refractivity (Wildman–Crippen MR) is 112 cm³/mol. The molecule has 1 aliphatic heterocycles. The average molecular weight is 383 g/mol. The van der Waals surface area contributed by atoms with Crippen molar-refractivity contribution in [1.29, 1.82) is 0 Å². The summed E-state index contributed by atoms with van der Waals surface area (Å²) in [5, 5.41) is 3.10. The highest BCUT2D eigenvalue weighted by atomic mass is 32.2. The highest BCUT2D eigenvalue weighted by Crippen LogP contribution is 2.23. The van der Waals surface area contributed by atoms with Crippen molar-refractivity contribution in [1.82, 2.24) is 5.32 Å². The first-order valence-corrected chi connectivity index (χ1v) is 10.5. The second kappa shape index (κ2) is 10.2. The van der Waals surface area contributed by atoms with Crippen LogP contribution in [-0.4, -0.2) is 37.6 Å². The second-order valence-corrected chi connectivity index (χ2v) is 7.95. The minimum absolute atomic E-state index is 0.109. The number of anilines is 1. The molecule has 1 N–H and O–H groups in total. The van der Waals surface area contributed by atoms with Crippen LogP contribution in [-0.2, 0) is 4.79 Å². The zero-order valence-electron chi connectivity index (χ0n) is 15.5. The number of thioether (sulfide) groups is 1. The molecule has 0 aromatic heterocycles. The van der Waals surface area contributed by atoms with Crippen LogP contribution in [0.2, 0.25) is 0 Å². The summed E-state index contributed by atoms with van der Waals surface area (Å²) in [7, 11) is 0. The van der Waals surface area contributed by atoms with Gasteiger partial charge in [0.2, 0.25) is 5.91 Å². The Morgan fingerprint density at radius 3 is 2.44 bits per heavy atom. The maximum absolute atomic E-state index is 12.4. The van der Waals surface area contributed by atoms with Gasteiger partial charge >= 0.3 is 0 Å². The number of hydrogen-bond donors (Lipinski definition) is 1. The lowest BCUT2D eigenvalue weighted by atomic mass is 9.95. The van der Waals surface area contributed by atoms with E-state index in [-0.39, 0.29) is 11.8 Å². The van der Waals surface area contributed by atoms with Crippen molar-refractivity contribution in [3.8, 4) is 0 Å². The summed E-state index contributed by atoms with van der Waals surface area (Å²) in [6.07, 6.45) is 3.59. The Bertz CT molecular complexity index is 726. The van der Waals surface area contributed by atoms with Crippen LogP contribution in [0.4, 0.5) is 5.69 Å². The van der Waals surface area contributed by atoms with Crippen LogP contribution in [0.3, 0.4) is 0 Å². The van der Waals surface area contributed by atoms with Crippen molar-refractivity contribution < 1.29 is 9.59 Å². The highest BCUT2D eigenvalue weighted by molar-refractivity contribution is 7.99. The third-order valence-electron chi connectivity index (χ3n) is 4.89. The fourth-order valence-electron chi connectivity index (χ4n) is 3.30. The highest BCUT2D eigenvalue weighted by Gasteiger charge is 2.24. The number of nitrogens with zero attached hydrogens (tertiary/aromatic N) is 1. The molecule has 3 rings (SSSR count). The van der Waals surface area contributed by atoms with Gasteiger partial charge in [0.05, 0.1) is 0 Å². The van der Waals surface area contributed by atoms with E-state index in [0.717, 1.165) is 56.6 Å². The molecule has 1 saturated heterocycles. The summed E-state index contributed by atoms with van der Waals surface area (Å²) >= 11 is 1.83. The fourth-order valence-corrected chi connectivity index (χ4v) is 4.17. The smallest absolute Gasteiger partial charge is 0.223 e. The molecule has 0 spiro atoms. The lowest BCUT2D eigenvalue weighted by Crippen LogP contribution is -2.40. The van der Waals surface area contributed by atoms with Crippen LogP contribution in [0.15, 0.2) is 59.5 Å². The molecule has 4 nitrogen and oxygen atoms in total. The van der Waals surface area contributed by atoms with E-state index in [1.165, 1.54) is 4.90 Å². The number of amides is 1. The van der Waals surface area contributed by atoms with Crippen molar-refractivity contribution in [2.24, 2.45) is 5.92 Å². The third-order valence-corrected chi connectivity index (χ3v) is 5.99. The van der Waals surface area contributed by atoms with Gasteiger partial charge in [-0.25, -0.2) is 0 Å². The molecule has 2 aromatic carbocycles. The van der Waals surface area contributed by atoms with Crippen LogP contribution in [0.25, 0.3) is 0 Å². The largest absolute Gasteiger partial charge is 0.371 e. The third kappa shape index (κ3) is 5.86. The van der Waals surface area contributed by atoms with Crippen molar-refractivity contribution in [2.75, 3.05) is 30.3 Å². The van der Waals surface area contributed by atoms with Gasteiger partial charge in [0, 0.05) is 41.7 Å². The van der Waals surface area contributed by atoms with Crippen LogP contribution >= 0.6 is 11.8 Å². The number of carbonyl (C=O) groups is 2. The standard InChI is InChI=1S/C22H26N2O2S/c25-17-18-7-9-20(10-8-18)24-14-11-19(12-15-24)22(26)23-13-4-16-27-21-5-2-1-3-6-21/h1-3,5-10,17,19H,4,11-16H2,(H,23,26). The number of piperidine rings is 1. The Morgan fingerprint density at radius 1 is 1.07 bits per heavy atom. The molecular formula is C22H26N2O2S. The second-order valence-electron chi connectivity index (χ2n) is 6.78. The summed E-state index contributed by atoms with van der Waals surface area (Å²) < 4.78 is 0. The van der Waals surface area contributed by atoms with E-state index in [1.807, 2.05) is 54.2 Å². The molecule has 142 valence electrons. The van der Waals surface area contributed by atoms with Crippen LogP contribution < -0.4 is 10.2 Å². The Hall–Kier alpha value is -2.27. The van der Waals surface area contributed by atoms with E-state index in [4.69, 9.17) is 0 Å². The molecule has 0 saturated carbocycles. The lowest BCUT2D eigenvalue weighted by molar-refractivity contribution is -0.125. The predicted octanol–water partition coefficient (Wildman–Crippen LogP) is 4.01. The molecule has 27 heavy (non-hydrogen) atoms. The van der Waals surface area contributed by atoms with Gasteiger partial charge in [-0.3, -0.25) is 9.59 Å². The van der Waals surface area contributed by atoms with Gasteiger partial charge in [-0.15, -0.1) is 11.8 Å². The number of hydrogen-bond acceptors (Lipinski definition) is 4. The molecular weight excluding hydrogens is 356 g/mol. The van der Waals surface area contributed by atoms with Crippen molar-refractivity contribution in [3.63, 3.8) is 0 Å². The number of nitrogens with one attached hydrogen (secondary N) is 1. The Balaban J connectivity index is 1.34. The molecule has 0 bridgehead atoms. The molecule has 0 aliphatic carbocycles. The quantitative estimate of drug-likeness (QED) is 0.426. The van der Waals surface area contributed by atoms with Crippen LogP contribution in [0, 0.1) is 5.92 Å². The van der Waals surface area contributed by atoms with Gasteiger partial charge in [-0.2, -0.15) is 0 Å². The van der Waals surface area contributed by atoms with Gasteiger partial charge in [-0.1, -0.05) is 18.2 Å². The van der Waals surface area contributed by atoms with Crippen molar-refractivity contribution in [2.45, 2.75) is 24.2 Å². The molecule has 5 heteroatoms. The van der Waals surface area contributed by atoms with E-state index >= 15 is 0 Å². The zero-order chi connectivity index (χ0) is 18.9. The van der Waals surface area contributed by atoms with E-state index in [0.29, 0.717) is 5.56 Å². The number of carbonyl (C=O) groups excluding carboxylic acids is 2. The topological polar surface area (TPSA) is 49.4 Å². The summed E-state index contributed by atoms with van der Waals surface area (Å²) in [5.74, 6) is 1.31. The van der Waals surface area contributed by atoms with Gasteiger partial charge in [0.15, 0.2) is 0 Å². The minimum Gasteiger partial charge on any atom is -0.371 e. The first-order chi connectivity index (χ1) is 13.3. The molecule has 1 aliphatic rings. The van der Waals surface area contributed by atoms with Crippen molar-refractivity contribution >= 4 is 29.6 Å². The van der Waals surface area contributed by atoms with Gasteiger partial charge in [0.25, 0.3) is 0 Å². The number of aldehydes is 1. The molecule has 0 radical (unpaired) electrons. The molecule has 0 atom stereocenters. The van der Waals surface area contributed by atoms with E-state index < -0.39 is 0 Å². The molecule has 0 unspecified atom stereocenters. The summed E-state index contributed by atoms with van der Waals surface area (Å²) in [4.78, 5) is 26.7. The van der Waals surface area contributed by atoms with E-state index in [1.54, 1.807) is 0 Å². The SMILES string of the molecule is O=Cc1ccc(N2CCC(C(=O)NCCCSc3ccccc3)CC2)cc1. The van der Waals surface area contributed by atoms with E-state index in [9.17, 15) is 9.59 Å². The summed E-state index contributed by atoms with van der Waals surface area (Å²) in [6.45, 7) is 2.50. The van der Waals surface area contributed by atoms with Crippen LogP contribution in [0.1, 0.15) is 29.6 Å². The number of benzene rings is 2. The Morgan fingerprint density at radius 2 is 1.78 bits per heavy atom. The monoisotopic (exact) mass is 382 g/mol. The normalized spacial score (nSPS) is 14.7. The summed E-state index contributed by atoms with van der Waals surface area (Å²) in [5.41, 5.74) is 1.82. The summed E-state index contributed by atoms with van der Waals surface area (Å²) in [6, 6.07) is 18.0. The van der Waals surface area contributed by atoms with Gasteiger partial charge in [-0.05, 0) is 61.4 Å². The molecule has 1 fully saturated rings. The molecule has 1 amide bonds. The Kier molecular flexibility index (Phi) is 7.34. The molecule has 1 heterocycles. The minimum atomic E-state index is 0.109. The van der Waals surface area contributed by atoms with Gasteiger partial charge < -0.3 is 10.2 Å². The lowest BCUT2D eigenvalue weighted by Gasteiger charge is -2.33. The van der Waals surface area contributed by atoms with Crippen molar-refractivity contribution in [3.05, 3.63) is 60.2 Å². The molecule has 2 aromatic rings. The number of rotatable bonds is 8.